The minimum absolute atomic E-state index is 1.06. The minimum Gasteiger partial charge on any atom is -0.186 e. The zero-order valence-electron chi connectivity index (χ0n) is 7.67. The topological polar surface area (TPSA) is 3.88 Å². The predicted octanol–water partition coefficient (Wildman–Crippen LogP) is 3.12. The van der Waals surface area contributed by atoms with Crippen molar-refractivity contribution in [2.75, 3.05) is 0 Å². The Bertz CT molecular complexity index is 447. The van der Waals surface area contributed by atoms with E-state index < -0.39 is 0 Å². The molecule has 0 aliphatic rings. The van der Waals surface area contributed by atoms with Crippen molar-refractivity contribution in [1.29, 1.82) is 0 Å². The van der Waals surface area contributed by atoms with Gasteiger partial charge in [-0.3, -0.25) is 0 Å². The van der Waals surface area contributed by atoms with Gasteiger partial charge in [0, 0.05) is 16.6 Å². The molecule has 0 aliphatic heterocycles. The molecule has 2 rings (SSSR count). The van der Waals surface area contributed by atoms with Crippen LogP contribution in [-0.2, 0) is 6.54 Å². The molecule has 0 amide bonds. The monoisotopic (exact) mass is 304 g/mol. The van der Waals surface area contributed by atoms with Crippen LogP contribution in [0.15, 0.2) is 18.2 Å². The maximum Gasteiger partial charge on any atom is 0.235 e. The van der Waals surface area contributed by atoms with E-state index in [4.69, 9.17) is 0 Å². The average Bonchev–Trinajstić information content (AvgIpc) is 2.39. The lowest BCUT2D eigenvalue weighted by molar-refractivity contribution is -0.669. The largest absolute Gasteiger partial charge is 0.235 e. The van der Waals surface area contributed by atoms with Crippen LogP contribution in [0.25, 0.3) is 10.2 Å². The SMILES string of the molecule is CC[n+]1c(C)sc2cc(I)ccc21. The summed E-state index contributed by atoms with van der Waals surface area (Å²) < 4.78 is 5.07. The van der Waals surface area contributed by atoms with Gasteiger partial charge in [0.2, 0.25) is 10.5 Å². The summed E-state index contributed by atoms with van der Waals surface area (Å²) in [5, 5.41) is 1.39. The smallest absolute Gasteiger partial charge is 0.186 e. The molecular formula is C10H11INS+. The molecule has 2 aromatic rings. The molecule has 0 spiro atoms. The van der Waals surface area contributed by atoms with E-state index >= 15 is 0 Å². The molecule has 0 radical (unpaired) electrons. The molecule has 0 unspecified atom stereocenters. The lowest BCUT2D eigenvalue weighted by atomic mass is 10.3. The average molecular weight is 304 g/mol. The number of thiazole rings is 1. The van der Waals surface area contributed by atoms with E-state index in [2.05, 4.69) is 59.2 Å². The van der Waals surface area contributed by atoms with Crippen molar-refractivity contribution in [2.24, 2.45) is 0 Å². The van der Waals surface area contributed by atoms with Gasteiger partial charge in [-0.1, -0.05) is 11.3 Å². The van der Waals surface area contributed by atoms with Gasteiger partial charge in [-0.25, -0.2) is 0 Å². The fraction of sp³-hybridized carbons (Fsp3) is 0.300. The number of halogens is 1. The van der Waals surface area contributed by atoms with Crippen molar-refractivity contribution in [3.05, 3.63) is 26.8 Å². The van der Waals surface area contributed by atoms with Gasteiger partial charge in [-0.2, -0.15) is 4.57 Å². The highest BCUT2D eigenvalue weighted by atomic mass is 127. The second kappa shape index (κ2) is 3.53. The van der Waals surface area contributed by atoms with Crippen LogP contribution in [0, 0.1) is 10.5 Å². The Hall–Kier alpha value is -0.160. The number of aryl methyl sites for hydroxylation is 2. The third kappa shape index (κ3) is 1.59. The summed E-state index contributed by atoms with van der Waals surface area (Å²) in [7, 11) is 0. The van der Waals surface area contributed by atoms with Crippen LogP contribution < -0.4 is 4.57 Å². The van der Waals surface area contributed by atoms with E-state index in [1.807, 2.05) is 11.3 Å². The zero-order chi connectivity index (χ0) is 9.42. The van der Waals surface area contributed by atoms with Crippen molar-refractivity contribution in [2.45, 2.75) is 20.4 Å². The summed E-state index contributed by atoms with van der Waals surface area (Å²) in [5.74, 6) is 0. The van der Waals surface area contributed by atoms with Gasteiger partial charge in [0.25, 0.3) is 0 Å². The minimum atomic E-state index is 1.06. The van der Waals surface area contributed by atoms with Crippen LogP contribution in [0.5, 0.6) is 0 Å². The Morgan fingerprint density at radius 2 is 2.23 bits per heavy atom. The molecule has 3 heteroatoms. The summed E-state index contributed by atoms with van der Waals surface area (Å²) >= 11 is 4.23. The molecule has 0 atom stereocenters. The first-order valence-corrected chi connectivity index (χ1v) is 6.20. The van der Waals surface area contributed by atoms with E-state index in [-0.39, 0.29) is 0 Å². The van der Waals surface area contributed by atoms with Crippen LogP contribution in [0.4, 0.5) is 0 Å². The van der Waals surface area contributed by atoms with Crippen LogP contribution in [0.3, 0.4) is 0 Å². The van der Waals surface area contributed by atoms with Gasteiger partial charge in [0.15, 0.2) is 0 Å². The number of nitrogens with zero attached hydrogens (tertiary/aromatic N) is 1. The normalized spacial score (nSPS) is 11.0. The number of rotatable bonds is 1. The third-order valence-corrected chi connectivity index (χ3v) is 3.90. The molecule has 0 saturated carbocycles. The van der Waals surface area contributed by atoms with Crippen LogP contribution in [-0.4, -0.2) is 0 Å². The molecule has 0 N–H and O–H groups in total. The van der Waals surface area contributed by atoms with Gasteiger partial charge in [-0.05, 0) is 41.6 Å². The highest BCUT2D eigenvalue weighted by Crippen LogP contribution is 2.21. The summed E-state index contributed by atoms with van der Waals surface area (Å²) in [6.07, 6.45) is 0. The lowest BCUT2D eigenvalue weighted by Gasteiger charge is -1.90. The zero-order valence-corrected chi connectivity index (χ0v) is 10.6. The predicted molar refractivity (Wildman–Crippen MR) is 65.1 cm³/mol. The Labute approximate surface area is 95.5 Å². The molecule has 1 aromatic heterocycles. The van der Waals surface area contributed by atoms with Crippen molar-refractivity contribution >= 4 is 44.1 Å². The molecule has 0 bridgehead atoms. The second-order valence-corrected chi connectivity index (χ2v) is 5.46. The quantitative estimate of drug-likeness (QED) is 0.563. The number of hydrogen-bond acceptors (Lipinski definition) is 1. The summed E-state index contributed by atoms with van der Waals surface area (Å²) in [5.41, 5.74) is 1.37. The van der Waals surface area contributed by atoms with E-state index in [9.17, 15) is 0 Å². The van der Waals surface area contributed by atoms with Crippen molar-refractivity contribution in [3.8, 4) is 0 Å². The van der Waals surface area contributed by atoms with Crippen molar-refractivity contribution in [1.82, 2.24) is 0 Å². The molecule has 0 fully saturated rings. The first kappa shape index (κ1) is 9.40. The fourth-order valence-corrected chi connectivity index (χ4v) is 3.40. The van der Waals surface area contributed by atoms with E-state index in [0.717, 1.165) is 6.54 Å². The highest BCUT2D eigenvalue weighted by Gasteiger charge is 2.14. The molecule has 68 valence electrons. The number of fused-ring (bicyclic) bond motifs is 1. The Morgan fingerprint density at radius 1 is 1.46 bits per heavy atom. The Kier molecular flexibility index (Phi) is 2.55. The van der Waals surface area contributed by atoms with Crippen molar-refractivity contribution < 1.29 is 4.57 Å². The number of aromatic nitrogens is 1. The number of benzene rings is 1. The second-order valence-electron chi connectivity index (χ2n) is 2.98. The Morgan fingerprint density at radius 3 is 2.92 bits per heavy atom. The maximum absolute atomic E-state index is 2.36. The van der Waals surface area contributed by atoms with Gasteiger partial charge in [-0.15, -0.1) is 0 Å². The molecule has 1 nitrogen and oxygen atoms in total. The third-order valence-electron chi connectivity index (χ3n) is 2.17. The summed E-state index contributed by atoms with van der Waals surface area (Å²) in [6.45, 7) is 5.44. The standard InChI is InChI=1S/C10H11INS/c1-3-12-7(2)13-10-6-8(11)4-5-9(10)12/h4-6H,3H2,1-2H3/q+1. The molecule has 0 aliphatic carbocycles. The lowest BCUT2D eigenvalue weighted by Crippen LogP contribution is -2.33. The van der Waals surface area contributed by atoms with Crippen molar-refractivity contribution in [3.63, 3.8) is 0 Å². The maximum atomic E-state index is 2.36. The first-order chi connectivity index (χ1) is 6.22. The Balaban J connectivity index is 2.79. The van der Waals surface area contributed by atoms with Gasteiger partial charge in [0.05, 0.1) is 0 Å². The van der Waals surface area contributed by atoms with Gasteiger partial charge >= 0.3 is 0 Å². The molecule has 0 saturated heterocycles. The van der Waals surface area contributed by atoms with E-state index in [1.54, 1.807) is 0 Å². The fourth-order valence-electron chi connectivity index (χ4n) is 1.57. The van der Waals surface area contributed by atoms with E-state index in [1.165, 1.54) is 18.8 Å². The molecule has 13 heavy (non-hydrogen) atoms. The summed E-state index contributed by atoms with van der Waals surface area (Å²) in [6, 6.07) is 6.63. The van der Waals surface area contributed by atoms with Crippen LogP contribution >= 0.6 is 33.9 Å². The van der Waals surface area contributed by atoms with Gasteiger partial charge < -0.3 is 0 Å². The molecule has 1 aromatic carbocycles. The van der Waals surface area contributed by atoms with Crippen LogP contribution in [0.2, 0.25) is 0 Å². The van der Waals surface area contributed by atoms with Crippen LogP contribution in [0.1, 0.15) is 11.9 Å². The van der Waals surface area contributed by atoms with Gasteiger partial charge in [0.1, 0.15) is 11.2 Å². The molecular weight excluding hydrogens is 293 g/mol. The number of hydrogen-bond donors (Lipinski definition) is 0. The highest BCUT2D eigenvalue weighted by molar-refractivity contribution is 14.1. The van der Waals surface area contributed by atoms with E-state index in [0.29, 0.717) is 0 Å². The first-order valence-electron chi connectivity index (χ1n) is 4.31. The summed E-state index contributed by atoms with van der Waals surface area (Å²) in [4.78, 5) is 0. The molecule has 1 heterocycles.